The fraction of sp³-hybridized carbons (Fsp3) is 0.167. The molecule has 0 fully saturated rings. The van der Waals surface area contributed by atoms with E-state index in [-0.39, 0.29) is 17.3 Å². The van der Waals surface area contributed by atoms with Gasteiger partial charge in [0.05, 0.1) is 0 Å². The van der Waals surface area contributed by atoms with E-state index in [4.69, 9.17) is 0 Å². The second kappa shape index (κ2) is 8.09. The highest BCUT2D eigenvalue weighted by atomic mass is 19.1. The number of aryl methyl sites for hydroxylation is 1. The number of phenols is 2. The third-order valence-electron chi connectivity index (χ3n) is 4.63. The molecule has 0 aromatic heterocycles. The molecule has 0 bridgehead atoms. The van der Waals surface area contributed by atoms with Gasteiger partial charge in [0, 0.05) is 0 Å². The predicted molar refractivity (Wildman–Crippen MR) is 108 cm³/mol. The lowest BCUT2D eigenvalue weighted by Crippen LogP contribution is -1.97. The molecule has 2 N–H and O–H groups in total. The van der Waals surface area contributed by atoms with Crippen molar-refractivity contribution in [2.75, 3.05) is 0 Å². The fourth-order valence-corrected chi connectivity index (χ4v) is 3.22. The van der Waals surface area contributed by atoms with Gasteiger partial charge in [0.15, 0.2) is 0 Å². The highest BCUT2D eigenvalue weighted by Gasteiger charge is 2.15. The molecule has 27 heavy (non-hydrogen) atoms. The number of benzene rings is 3. The number of aromatic hydroxyl groups is 2. The molecule has 0 amide bonds. The Labute approximate surface area is 159 Å². The first-order chi connectivity index (χ1) is 13.0. The smallest absolute Gasteiger partial charge is 0.126 e. The summed E-state index contributed by atoms with van der Waals surface area (Å²) in [6.07, 6.45) is 1.68. The lowest BCUT2D eigenvalue weighted by Gasteiger charge is -2.18. The Morgan fingerprint density at radius 1 is 0.778 bits per heavy atom. The van der Waals surface area contributed by atoms with Crippen LogP contribution in [0.25, 0.3) is 11.1 Å². The highest BCUT2D eigenvalue weighted by molar-refractivity contribution is 5.98. The maximum Gasteiger partial charge on any atom is 0.126 e. The molecule has 0 spiro atoms. The summed E-state index contributed by atoms with van der Waals surface area (Å²) in [5.41, 5.74) is 5.33. The van der Waals surface area contributed by atoms with E-state index >= 15 is 0 Å². The molecule has 0 heterocycles. The van der Waals surface area contributed by atoms with Gasteiger partial charge < -0.3 is 10.2 Å². The molecule has 0 atom stereocenters. The summed E-state index contributed by atoms with van der Waals surface area (Å²) in [6.45, 7) is 3.85. The Hall–Kier alpha value is -3.07. The minimum Gasteiger partial charge on any atom is -0.508 e. The Bertz CT molecular complexity index is 907. The van der Waals surface area contributed by atoms with Crippen LogP contribution in [-0.4, -0.2) is 10.2 Å². The molecule has 0 aliphatic carbocycles. The molecule has 2 nitrogen and oxygen atoms in total. The summed E-state index contributed by atoms with van der Waals surface area (Å²) in [5.74, 6) is 0.168. The van der Waals surface area contributed by atoms with E-state index in [1.807, 2.05) is 30.3 Å². The van der Waals surface area contributed by atoms with Crippen molar-refractivity contribution in [1.29, 1.82) is 0 Å². The molecule has 138 valence electrons. The van der Waals surface area contributed by atoms with Gasteiger partial charge in [-0.2, -0.15) is 0 Å². The van der Waals surface area contributed by atoms with Gasteiger partial charge >= 0.3 is 0 Å². The summed E-state index contributed by atoms with van der Waals surface area (Å²) < 4.78 is 14.3. The number of halogens is 1. The van der Waals surface area contributed by atoms with Crippen LogP contribution in [0.15, 0.2) is 66.7 Å². The van der Waals surface area contributed by atoms with E-state index in [1.54, 1.807) is 43.3 Å². The van der Waals surface area contributed by atoms with Crippen LogP contribution in [0.4, 0.5) is 4.39 Å². The second-order valence-corrected chi connectivity index (χ2v) is 6.66. The Balaban J connectivity index is 2.29. The average Bonchev–Trinajstić information content (AvgIpc) is 2.66. The van der Waals surface area contributed by atoms with Gasteiger partial charge in [0.2, 0.25) is 0 Å². The summed E-state index contributed by atoms with van der Waals surface area (Å²) in [4.78, 5) is 0. The van der Waals surface area contributed by atoms with Gasteiger partial charge in [-0.1, -0.05) is 49.7 Å². The Morgan fingerprint density at radius 3 is 1.70 bits per heavy atom. The molecule has 0 unspecified atom stereocenters. The number of rotatable bonds is 5. The maximum atomic E-state index is 14.3. The van der Waals surface area contributed by atoms with Gasteiger partial charge in [0.25, 0.3) is 0 Å². The van der Waals surface area contributed by atoms with Crippen LogP contribution >= 0.6 is 0 Å². The zero-order valence-electron chi connectivity index (χ0n) is 15.5. The number of phenolic OH excluding ortho intramolecular Hbond substituents is 2. The monoisotopic (exact) mass is 362 g/mol. The molecule has 0 radical (unpaired) electrons. The van der Waals surface area contributed by atoms with Crippen molar-refractivity contribution in [2.45, 2.75) is 26.7 Å². The number of hydrogen-bond donors (Lipinski definition) is 2. The molecular weight excluding hydrogens is 339 g/mol. The molecule has 0 aliphatic heterocycles. The standard InChI is InChI=1S/C24H23FO2/c1-3-4-22(19-6-5-16(2)23(25)15-19)24(17-7-11-20(26)12-8-17)18-9-13-21(27)14-10-18/h5-15,26-27H,3-4H2,1-2H3. The summed E-state index contributed by atoms with van der Waals surface area (Å²) in [5, 5.41) is 19.3. The number of hydrogen-bond acceptors (Lipinski definition) is 2. The third-order valence-corrected chi connectivity index (χ3v) is 4.63. The van der Waals surface area contributed by atoms with Crippen LogP contribution in [-0.2, 0) is 0 Å². The minimum absolute atomic E-state index is 0.197. The molecule has 3 aromatic rings. The van der Waals surface area contributed by atoms with Crippen LogP contribution < -0.4 is 0 Å². The van der Waals surface area contributed by atoms with Gasteiger partial charge in [-0.25, -0.2) is 4.39 Å². The third kappa shape index (κ3) is 4.20. The van der Waals surface area contributed by atoms with Crippen molar-refractivity contribution < 1.29 is 14.6 Å². The van der Waals surface area contributed by atoms with Crippen LogP contribution in [0.1, 0.15) is 42.0 Å². The highest BCUT2D eigenvalue weighted by Crippen LogP contribution is 2.36. The van der Waals surface area contributed by atoms with E-state index in [0.717, 1.165) is 40.7 Å². The lowest BCUT2D eigenvalue weighted by molar-refractivity contribution is 0.475. The van der Waals surface area contributed by atoms with Gasteiger partial charge in [-0.3, -0.25) is 0 Å². The average molecular weight is 362 g/mol. The molecule has 0 saturated carbocycles. The number of allylic oxidation sites excluding steroid dienone is 1. The largest absolute Gasteiger partial charge is 0.508 e. The molecular formula is C24H23FO2. The van der Waals surface area contributed by atoms with Gasteiger partial charge in [-0.15, -0.1) is 0 Å². The quantitative estimate of drug-likeness (QED) is 0.523. The van der Waals surface area contributed by atoms with Crippen LogP contribution in [0.5, 0.6) is 11.5 Å². The SMILES string of the molecule is CCCC(=C(c1ccc(O)cc1)c1ccc(O)cc1)c1ccc(C)c(F)c1. The Morgan fingerprint density at radius 2 is 1.26 bits per heavy atom. The van der Waals surface area contributed by atoms with E-state index in [1.165, 1.54) is 0 Å². The Kier molecular flexibility index (Phi) is 5.60. The van der Waals surface area contributed by atoms with Crippen molar-refractivity contribution >= 4 is 11.1 Å². The zero-order valence-corrected chi connectivity index (χ0v) is 15.5. The van der Waals surface area contributed by atoms with E-state index in [2.05, 4.69) is 6.92 Å². The van der Waals surface area contributed by atoms with E-state index in [9.17, 15) is 14.6 Å². The summed E-state index contributed by atoms with van der Waals surface area (Å²) in [6, 6.07) is 19.4. The van der Waals surface area contributed by atoms with Crippen LogP contribution in [0.3, 0.4) is 0 Å². The first-order valence-corrected chi connectivity index (χ1v) is 9.08. The topological polar surface area (TPSA) is 40.5 Å². The van der Waals surface area contributed by atoms with Crippen molar-refractivity contribution in [1.82, 2.24) is 0 Å². The van der Waals surface area contributed by atoms with Crippen LogP contribution in [0.2, 0.25) is 0 Å². The van der Waals surface area contributed by atoms with Crippen molar-refractivity contribution in [3.05, 3.63) is 94.8 Å². The van der Waals surface area contributed by atoms with Gasteiger partial charge in [-0.05, 0) is 77.1 Å². The van der Waals surface area contributed by atoms with Crippen molar-refractivity contribution in [3.63, 3.8) is 0 Å². The summed E-state index contributed by atoms with van der Waals surface area (Å²) in [7, 11) is 0. The van der Waals surface area contributed by atoms with E-state index in [0.29, 0.717) is 5.56 Å². The molecule has 3 aromatic carbocycles. The van der Waals surface area contributed by atoms with Crippen LogP contribution in [0, 0.1) is 12.7 Å². The molecule has 3 rings (SSSR count). The second-order valence-electron chi connectivity index (χ2n) is 6.66. The molecule has 0 saturated heterocycles. The predicted octanol–water partition coefficient (Wildman–Crippen LogP) is 6.30. The molecule has 3 heteroatoms. The summed E-state index contributed by atoms with van der Waals surface area (Å²) >= 11 is 0. The zero-order chi connectivity index (χ0) is 19.4. The first kappa shape index (κ1) is 18.7. The molecule has 0 aliphatic rings. The fourth-order valence-electron chi connectivity index (χ4n) is 3.22. The first-order valence-electron chi connectivity index (χ1n) is 9.08. The lowest BCUT2D eigenvalue weighted by atomic mass is 9.87. The van der Waals surface area contributed by atoms with Crippen molar-refractivity contribution in [2.24, 2.45) is 0 Å². The van der Waals surface area contributed by atoms with Crippen molar-refractivity contribution in [3.8, 4) is 11.5 Å². The normalized spacial score (nSPS) is 10.6. The minimum atomic E-state index is -0.225. The maximum absolute atomic E-state index is 14.3. The van der Waals surface area contributed by atoms with E-state index < -0.39 is 0 Å². The van der Waals surface area contributed by atoms with Gasteiger partial charge in [0.1, 0.15) is 17.3 Å².